The smallest absolute Gasteiger partial charge is 0.335 e. The minimum Gasteiger partial charge on any atom is -0.478 e. The molecule has 2 amide bonds. The molecule has 0 saturated carbocycles. The lowest BCUT2D eigenvalue weighted by Crippen LogP contribution is -2.32. The normalized spacial score (nSPS) is 10.9. The van der Waals surface area contributed by atoms with E-state index >= 15 is 0 Å². The Balaban J connectivity index is 1.40. The minimum atomic E-state index is -1.10. The second kappa shape index (κ2) is 11.3. The number of carbonyl (C=O) groups is 4. The molecule has 0 spiro atoms. The summed E-state index contributed by atoms with van der Waals surface area (Å²) in [6.07, 6.45) is 0. The van der Waals surface area contributed by atoms with Gasteiger partial charge in [-0.3, -0.25) is 14.4 Å². The molecule has 0 saturated heterocycles. The van der Waals surface area contributed by atoms with E-state index in [0.29, 0.717) is 27.8 Å². The zero-order chi connectivity index (χ0) is 29.1. The van der Waals surface area contributed by atoms with Gasteiger partial charge in [0.25, 0.3) is 5.56 Å². The molecule has 5 rings (SSSR count). The molecule has 0 bridgehead atoms. The molecule has 14 heteroatoms. The Hall–Kier alpha value is -5.50. The van der Waals surface area contributed by atoms with Crippen molar-refractivity contribution in [2.24, 2.45) is 0 Å². The Morgan fingerprint density at radius 1 is 0.732 bits per heavy atom. The van der Waals surface area contributed by atoms with E-state index in [1.54, 1.807) is 24.3 Å². The Bertz CT molecular complexity index is 1880. The van der Waals surface area contributed by atoms with E-state index < -0.39 is 35.9 Å². The van der Waals surface area contributed by atoms with Gasteiger partial charge in [0.1, 0.15) is 6.54 Å². The van der Waals surface area contributed by atoms with Gasteiger partial charge in [0, 0.05) is 16.8 Å². The lowest BCUT2D eigenvalue weighted by molar-refractivity contribution is -0.117. The summed E-state index contributed by atoms with van der Waals surface area (Å²) < 4.78 is 2.56. The summed E-state index contributed by atoms with van der Waals surface area (Å²) in [5.74, 6) is -3.27. The summed E-state index contributed by atoms with van der Waals surface area (Å²) in [7, 11) is 0. The molecular formula is C27H20N6O7S. The maximum atomic E-state index is 13.5. The quantitative estimate of drug-likeness (QED) is 0.191. The van der Waals surface area contributed by atoms with Crippen LogP contribution in [0.1, 0.15) is 20.7 Å². The number of hydrogen-bond acceptors (Lipinski definition) is 8. The standard InChI is InChI=1S/C27H20N6O7S/c34-21(28-17-9-5-15(6-10-17)25(37)38)13-32-24(36)20-4-2-1-3-19(20)23-30-31-27(33(23)32)41-14-22(35)29-18-11-7-16(8-12-18)26(39)40/h1-12H,13-14H2,(H,28,34)(H,29,35)(H,37,38)(H,39,40). The van der Waals surface area contributed by atoms with E-state index in [2.05, 4.69) is 20.8 Å². The first-order valence-electron chi connectivity index (χ1n) is 12.0. The van der Waals surface area contributed by atoms with Crippen LogP contribution >= 0.6 is 11.8 Å². The summed E-state index contributed by atoms with van der Waals surface area (Å²) in [5, 5.41) is 32.8. The van der Waals surface area contributed by atoms with Gasteiger partial charge in [-0.15, -0.1) is 10.2 Å². The van der Waals surface area contributed by atoms with Crippen molar-refractivity contribution in [3.05, 3.63) is 94.3 Å². The van der Waals surface area contributed by atoms with Crippen LogP contribution in [0.5, 0.6) is 0 Å². The molecule has 0 fully saturated rings. The van der Waals surface area contributed by atoms with Gasteiger partial charge in [0.15, 0.2) is 5.65 Å². The first-order chi connectivity index (χ1) is 19.7. The number of rotatable bonds is 9. The van der Waals surface area contributed by atoms with Gasteiger partial charge >= 0.3 is 11.9 Å². The summed E-state index contributed by atoms with van der Waals surface area (Å²) in [6, 6.07) is 18.0. The van der Waals surface area contributed by atoms with Gasteiger partial charge in [-0.05, 0) is 54.6 Å². The molecule has 2 heterocycles. The average molecular weight is 573 g/mol. The number of benzene rings is 3. The van der Waals surface area contributed by atoms with Crippen molar-refractivity contribution in [1.82, 2.24) is 19.4 Å². The van der Waals surface area contributed by atoms with Crippen molar-refractivity contribution in [2.75, 3.05) is 16.4 Å². The van der Waals surface area contributed by atoms with Gasteiger partial charge in [0.05, 0.1) is 22.3 Å². The van der Waals surface area contributed by atoms with Crippen LogP contribution in [0.3, 0.4) is 0 Å². The summed E-state index contributed by atoms with van der Waals surface area (Å²) in [6.45, 7) is -0.422. The number of carboxylic acid groups (broad SMARTS) is 2. The molecule has 41 heavy (non-hydrogen) atoms. The number of aromatic nitrogens is 4. The molecule has 0 unspecified atom stereocenters. The van der Waals surface area contributed by atoms with Crippen LogP contribution in [0.4, 0.5) is 11.4 Å². The van der Waals surface area contributed by atoms with Crippen LogP contribution in [0.25, 0.3) is 16.4 Å². The van der Waals surface area contributed by atoms with Crippen LogP contribution in [-0.2, 0) is 16.1 Å². The fourth-order valence-corrected chi connectivity index (χ4v) is 4.77. The van der Waals surface area contributed by atoms with E-state index in [9.17, 15) is 24.0 Å². The molecular weight excluding hydrogens is 552 g/mol. The zero-order valence-corrected chi connectivity index (χ0v) is 21.8. The highest BCUT2D eigenvalue weighted by atomic mass is 32.2. The molecule has 0 atom stereocenters. The third-order valence-electron chi connectivity index (χ3n) is 5.94. The van der Waals surface area contributed by atoms with Crippen molar-refractivity contribution >= 4 is 63.3 Å². The molecule has 206 valence electrons. The number of aromatic carboxylic acids is 2. The molecule has 0 aliphatic carbocycles. The Kier molecular flexibility index (Phi) is 7.47. The maximum absolute atomic E-state index is 13.5. The molecule has 0 aliphatic rings. The number of nitrogens with zero attached hydrogens (tertiary/aromatic N) is 4. The molecule has 0 radical (unpaired) electrons. The highest BCUT2D eigenvalue weighted by molar-refractivity contribution is 7.99. The second-order valence-corrected chi connectivity index (χ2v) is 9.62. The highest BCUT2D eigenvalue weighted by Gasteiger charge is 2.19. The Labute approximate surface area is 234 Å². The van der Waals surface area contributed by atoms with Crippen molar-refractivity contribution < 1.29 is 29.4 Å². The third kappa shape index (κ3) is 5.77. The maximum Gasteiger partial charge on any atom is 0.335 e. The number of hydrogen-bond donors (Lipinski definition) is 4. The lowest BCUT2D eigenvalue weighted by atomic mass is 10.2. The number of carbonyl (C=O) groups excluding carboxylic acids is 2. The number of fused-ring (bicyclic) bond motifs is 3. The van der Waals surface area contributed by atoms with Crippen LogP contribution in [0.15, 0.2) is 82.7 Å². The van der Waals surface area contributed by atoms with Crippen LogP contribution < -0.4 is 16.2 Å². The van der Waals surface area contributed by atoms with E-state index in [1.807, 2.05) is 0 Å². The molecule has 0 aliphatic heterocycles. The van der Waals surface area contributed by atoms with Crippen molar-refractivity contribution in [1.29, 1.82) is 0 Å². The Morgan fingerprint density at radius 2 is 1.27 bits per heavy atom. The van der Waals surface area contributed by atoms with Gasteiger partial charge in [-0.25, -0.2) is 18.8 Å². The van der Waals surface area contributed by atoms with E-state index in [4.69, 9.17) is 10.2 Å². The molecule has 4 N–H and O–H groups in total. The van der Waals surface area contributed by atoms with Crippen LogP contribution in [-0.4, -0.2) is 59.1 Å². The summed E-state index contributed by atoms with van der Waals surface area (Å²) in [5.41, 5.74) is 0.723. The van der Waals surface area contributed by atoms with E-state index in [0.717, 1.165) is 11.8 Å². The van der Waals surface area contributed by atoms with Crippen molar-refractivity contribution in [2.45, 2.75) is 11.7 Å². The molecule has 5 aromatic rings. The average Bonchev–Trinajstić information content (AvgIpc) is 3.39. The number of nitrogens with one attached hydrogen (secondary N) is 2. The van der Waals surface area contributed by atoms with Gasteiger partial charge in [-0.2, -0.15) is 0 Å². The second-order valence-electron chi connectivity index (χ2n) is 8.68. The molecule has 13 nitrogen and oxygen atoms in total. The number of carboxylic acids is 2. The van der Waals surface area contributed by atoms with Crippen LogP contribution in [0.2, 0.25) is 0 Å². The fourth-order valence-electron chi connectivity index (χ4n) is 4.03. The predicted molar refractivity (Wildman–Crippen MR) is 150 cm³/mol. The third-order valence-corrected chi connectivity index (χ3v) is 6.86. The lowest BCUT2D eigenvalue weighted by Gasteiger charge is -2.13. The largest absolute Gasteiger partial charge is 0.478 e. The van der Waals surface area contributed by atoms with Crippen molar-refractivity contribution in [3.63, 3.8) is 0 Å². The number of anilines is 2. The van der Waals surface area contributed by atoms with Gasteiger partial charge in [-0.1, -0.05) is 30.0 Å². The molecule has 2 aromatic heterocycles. The van der Waals surface area contributed by atoms with Gasteiger partial charge < -0.3 is 20.8 Å². The fraction of sp³-hybridized carbons (Fsp3) is 0.0741. The van der Waals surface area contributed by atoms with E-state index in [1.165, 1.54) is 57.7 Å². The summed E-state index contributed by atoms with van der Waals surface area (Å²) in [4.78, 5) is 61.1. The first-order valence-corrected chi connectivity index (χ1v) is 13.0. The summed E-state index contributed by atoms with van der Waals surface area (Å²) >= 11 is 0.995. The minimum absolute atomic E-state index is 0.0583. The van der Waals surface area contributed by atoms with Crippen LogP contribution in [0, 0.1) is 0 Å². The van der Waals surface area contributed by atoms with E-state index in [-0.39, 0.29) is 22.0 Å². The van der Waals surface area contributed by atoms with Gasteiger partial charge in [0.2, 0.25) is 17.0 Å². The zero-order valence-electron chi connectivity index (χ0n) is 21.0. The molecule has 3 aromatic carbocycles. The predicted octanol–water partition coefficient (Wildman–Crippen LogP) is 2.81. The monoisotopic (exact) mass is 572 g/mol. The topological polar surface area (TPSA) is 185 Å². The first kappa shape index (κ1) is 27.1. The number of thioether (sulfide) groups is 1. The van der Waals surface area contributed by atoms with Crippen molar-refractivity contribution in [3.8, 4) is 0 Å². The Morgan fingerprint density at radius 3 is 1.83 bits per heavy atom. The number of amides is 2. The highest BCUT2D eigenvalue weighted by Crippen LogP contribution is 2.22. The SMILES string of the molecule is O=C(CSc1nnc2c3ccccc3c(=O)n(CC(=O)Nc3ccc(C(=O)O)cc3)n12)Nc1ccc(C(=O)O)cc1.